The van der Waals surface area contributed by atoms with Crippen LogP contribution in [0.25, 0.3) is 0 Å². The van der Waals surface area contributed by atoms with E-state index < -0.39 is 27.6 Å². The molecule has 2 aromatic carbocycles. The number of fused-ring (bicyclic) bond motifs is 1. The molecule has 14 nitrogen and oxygen atoms in total. The van der Waals surface area contributed by atoms with Gasteiger partial charge in [-0.15, -0.1) is 0 Å². The van der Waals surface area contributed by atoms with E-state index in [9.17, 15) is 34.6 Å². The lowest BCUT2D eigenvalue weighted by Crippen LogP contribution is -2.41. The van der Waals surface area contributed by atoms with Crippen LogP contribution in [0.4, 0.5) is 11.4 Å². The number of rotatable bonds is 7. The maximum atomic E-state index is 12.7. The van der Waals surface area contributed by atoms with E-state index in [1.165, 1.54) is 48.5 Å². The van der Waals surface area contributed by atoms with Crippen molar-refractivity contribution in [2.75, 3.05) is 0 Å². The van der Waals surface area contributed by atoms with Crippen molar-refractivity contribution in [3.8, 4) is 0 Å². The van der Waals surface area contributed by atoms with E-state index in [4.69, 9.17) is 4.42 Å². The van der Waals surface area contributed by atoms with Gasteiger partial charge in [0.25, 0.3) is 17.3 Å². The molecule has 14 heteroatoms. The molecule has 1 aliphatic carbocycles. The number of hydrazine groups is 1. The molecule has 0 saturated heterocycles. The van der Waals surface area contributed by atoms with Gasteiger partial charge >= 0.3 is 5.91 Å². The molecule has 1 heterocycles. The van der Waals surface area contributed by atoms with E-state index in [1.807, 2.05) is 0 Å². The van der Waals surface area contributed by atoms with E-state index in [0.29, 0.717) is 47.4 Å². The second-order valence-corrected chi connectivity index (χ2v) is 8.61. The molecule has 39 heavy (non-hydrogen) atoms. The molecule has 1 aromatic heterocycles. The minimum absolute atomic E-state index is 0.0317. The standard InChI is InChI=1S/C25H22N6O8/c1-14-22-19(26-27-21(32)13-15-5-9-17(10-6-15)30(35)36)3-2-4-20(22)39-23(14)25(34)29-28-24(33)16-7-11-18(12-8-16)31(37)38/h5-12H,2-4,13H2,1H3,(H,27,32)(H,28,33)(H,29,34)/b26-19+. The van der Waals surface area contributed by atoms with Gasteiger partial charge in [-0.3, -0.25) is 45.5 Å². The molecule has 200 valence electrons. The van der Waals surface area contributed by atoms with Crippen LogP contribution < -0.4 is 16.3 Å². The zero-order valence-corrected chi connectivity index (χ0v) is 20.6. The average Bonchev–Trinajstić information content (AvgIpc) is 3.27. The summed E-state index contributed by atoms with van der Waals surface area (Å²) in [7, 11) is 0. The topological polar surface area (TPSA) is 199 Å². The number of nitrogens with zero attached hydrogens (tertiary/aromatic N) is 3. The molecule has 0 fully saturated rings. The second kappa shape index (κ2) is 11.3. The summed E-state index contributed by atoms with van der Waals surface area (Å²) in [6.45, 7) is 1.66. The Labute approximate surface area is 220 Å². The third-order valence-corrected chi connectivity index (χ3v) is 5.99. The van der Waals surface area contributed by atoms with E-state index in [-0.39, 0.29) is 29.1 Å². The van der Waals surface area contributed by atoms with Crippen LogP contribution in [0.3, 0.4) is 0 Å². The first-order valence-corrected chi connectivity index (χ1v) is 11.7. The smallest absolute Gasteiger partial charge is 0.305 e. The molecular weight excluding hydrogens is 512 g/mol. The minimum Gasteiger partial charge on any atom is -0.455 e. The Bertz CT molecular complexity index is 1490. The first-order valence-electron chi connectivity index (χ1n) is 11.7. The number of carbonyl (C=O) groups excluding carboxylic acids is 3. The van der Waals surface area contributed by atoms with Crippen LogP contribution in [0.15, 0.2) is 58.0 Å². The Morgan fingerprint density at radius 1 is 0.897 bits per heavy atom. The van der Waals surface area contributed by atoms with Gasteiger partial charge in [-0.2, -0.15) is 5.10 Å². The van der Waals surface area contributed by atoms with Crippen LogP contribution in [0.2, 0.25) is 0 Å². The second-order valence-electron chi connectivity index (χ2n) is 8.61. The number of hydrogen-bond donors (Lipinski definition) is 3. The van der Waals surface area contributed by atoms with Crippen molar-refractivity contribution < 1.29 is 28.6 Å². The number of nitro benzene ring substituents is 2. The SMILES string of the molecule is Cc1c(C(=O)NNC(=O)c2ccc([N+](=O)[O-])cc2)oc2c1/C(=N/NC(=O)Cc1ccc([N+](=O)[O-])cc1)CCC2. The number of hydrazone groups is 1. The summed E-state index contributed by atoms with van der Waals surface area (Å²) in [6.07, 6.45) is 1.72. The van der Waals surface area contributed by atoms with Crippen molar-refractivity contribution in [2.24, 2.45) is 5.10 Å². The van der Waals surface area contributed by atoms with Gasteiger partial charge in [0.1, 0.15) is 5.76 Å². The number of amides is 3. The Hall–Kier alpha value is -5.40. The van der Waals surface area contributed by atoms with E-state index in [1.54, 1.807) is 6.92 Å². The predicted molar refractivity (Wildman–Crippen MR) is 136 cm³/mol. The third-order valence-electron chi connectivity index (χ3n) is 5.99. The first-order chi connectivity index (χ1) is 18.6. The number of hydrogen-bond acceptors (Lipinski definition) is 9. The molecule has 4 rings (SSSR count). The molecule has 0 radical (unpaired) electrons. The molecule has 3 amide bonds. The van der Waals surface area contributed by atoms with Crippen molar-refractivity contribution in [3.63, 3.8) is 0 Å². The first kappa shape index (κ1) is 26.7. The van der Waals surface area contributed by atoms with Gasteiger partial charge in [-0.1, -0.05) is 12.1 Å². The van der Waals surface area contributed by atoms with Crippen molar-refractivity contribution in [1.82, 2.24) is 16.3 Å². The van der Waals surface area contributed by atoms with Crippen LogP contribution in [0.5, 0.6) is 0 Å². The van der Waals surface area contributed by atoms with Gasteiger partial charge in [-0.25, -0.2) is 5.43 Å². The van der Waals surface area contributed by atoms with Crippen LogP contribution in [-0.2, 0) is 17.6 Å². The van der Waals surface area contributed by atoms with E-state index in [2.05, 4.69) is 21.4 Å². The Balaban J connectivity index is 1.40. The molecule has 3 aromatic rings. The zero-order valence-electron chi connectivity index (χ0n) is 20.6. The Morgan fingerprint density at radius 2 is 1.49 bits per heavy atom. The maximum absolute atomic E-state index is 12.7. The molecule has 0 atom stereocenters. The quantitative estimate of drug-likeness (QED) is 0.303. The highest BCUT2D eigenvalue weighted by molar-refractivity contribution is 6.07. The molecule has 0 spiro atoms. The van der Waals surface area contributed by atoms with E-state index in [0.717, 1.165) is 0 Å². The van der Waals surface area contributed by atoms with Gasteiger partial charge < -0.3 is 4.42 Å². The van der Waals surface area contributed by atoms with Crippen LogP contribution in [0.1, 0.15) is 56.2 Å². The fourth-order valence-corrected chi connectivity index (χ4v) is 4.06. The number of non-ortho nitro benzene ring substituents is 2. The molecule has 0 unspecified atom stereocenters. The molecule has 1 aliphatic rings. The van der Waals surface area contributed by atoms with Crippen LogP contribution in [-0.4, -0.2) is 33.3 Å². The summed E-state index contributed by atoms with van der Waals surface area (Å²) in [5.74, 6) is -1.31. The van der Waals surface area contributed by atoms with Gasteiger partial charge in [-0.05, 0) is 37.5 Å². The summed E-state index contributed by atoms with van der Waals surface area (Å²) in [6, 6.07) is 10.5. The molecule has 0 bridgehead atoms. The fraction of sp³-hybridized carbons (Fsp3) is 0.200. The van der Waals surface area contributed by atoms with Crippen molar-refractivity contribution in [1.29, 1.82) is 0 Å². The van der Waals surface area contributed by atoms with Crippen molar-refractivity contribution in [2.45, 2.75) is 32.6 Å². The molecular formula is C25H22N6O8. The van der Waals surface area contributed by atoms with Crippen LogP contribution in [0, 0.1) is 27.2 Å². The van der Waals surface area contributed by atoms with Crippen molar-refractivity contribution >= 4 is 34.8 Å². The number of carbonyl (C=O) groups is 3. The normalized spacial score (nSPS) is 13.3. The molecule has 3 N–H and O–H groups in total. The lowest BCUT2D eigenvalue weighted by Gasteiger charge is -2.13. The third kappa shape index (κ3) is 6.12. The number of benzene rings is 2. The molecule has 0 aliphatic heterocycles. The largest absolute Gasteiger partial charge is 0.455 e. The maximum Gasteiger partial charge on any atom is 0.305 e. The lowest BCUT2D eigenvalue weighted by atomic mass is 9.93. The monoisotopic (exact) mass is 534 g/mol. The predicted octanol–water partition coefficient (Wildman–Crippen LogP) is 2.88. The number of nitrogens with one attached hydrogen (secondary N) is 3. The van der Waals surface area contributed by atoms with E-state index >= 15 is 0 Å². The average molecular weight is 534 g/mol. The van der Waals surface area contributed by atoms with Gasteiger partial charge in [0.15, 0.2) is 5.76 Å². The minimum atomic E-state index is -0.710. The summed E-state index contributed by atoms with van der Waals surface area (Å²) in [4.78, 5) is 57.9. The van der Waals surface area contributed by atoms with Gasteiger partial charge in [0, 0.05) is 47.4 Å². The zero-order chi connectivity index (χ0) is 28.1. The highest BCUT2D eigenvalue weighted by Crippen LogP contribution is 2.29. The highest BCUT2D eigenvalue weighted by atomic mass is 16.6. The number of nitro groups is 2. The fourth-order valence-electron chi connectivity index (χ4n) is 4.06. The van der Waals surface area contributed by atoms with Crippen molar-refractivity contribution in [3.05, 3.63) is 103 Å². The van der Waals surface area contributed by atoms with Gasteiger partial charge in [0.2, 0.25) is 5.91 Å². The summed E-state index contributed by atoms with van der Waals surface area (Å²) in [5, 5.41) is 25.8. The summed E-state index contributed by atoms with van der Waals surface area (Å²) in [5.41, 5.74) is 9.06. The van der Waals surface area contributed by atoms with Gasteiger partial charge in [0.05, 0.1) is 22.0 Å². The van der Waals surface area contributed by atoms with Crippen LogP contribution >= 0.6 is 0 Å². The number of aryl methyl sites for hydroxylation is 1. The Kier molecular flexibility index (Phi) is 7.74. The number of furan rings is 1. The highest BCUT2D eigenvalue weighted by Gasteiger charge is 2.28. The summed E-state index contributed by atoms with van der Waals surface area (Å²) >= 11 is 0. The summed E-state index contributed by atoms with van der Waals surface area (Å²) < 4.78 is 5.76. The lowest BCUT2D eigenvalue weighted by molar-refractivity contribution is -0.385. The molecule has 0 saturated carbocycles. The Morgan fingerprint density at radius 3 is 2.10 bits per heavy atom.